The summed E-state index contributed by atoms with van der Waals surface area (Å²) in [6, 6.07) is 4.29. The van der Waals surface area contributed by atoms with Crippen LogP contribution in [0.2, 0.25) is 0 Å². The van der Waals surface area contributed by atoms with Crippen LogP contribution >= 0.6 is 0 Å². The van der Waals surface area contributed by atoms with Crippen molar-refractivity contribution in [3.05, 3.63) is 33.9 Å². The number of carbonyl (C=O) groups excluding carboxylic acids is 1. The number of rotatable bonds is 5. The van der Waals surface area contributed by atoms with E-state index in [-0.39, 0.29) is 29.3 Å². The molecule has 6 heteroatoms. The van der Waals surface area contributed by atoms with Crippen LogP contribution in [0.1, 0.15) is 62.7 Å². The highest BCUT2D eigenvalue weighted by Crippen LogP contribution is 2.26. The van der Waals surface area contributed by atoms with E-state index in [0.29, 0.717) is 5.75 Å². The van der Waals surface area contributed by atoms with Crippen molar-refractivity contribution in [1.29, 1.82) is 0 Å². The molecular formula is C17H24N2O4. The molecule has 2 rings (SSSR count). The predicted octanol–water partition coefficient (Wildman–Crippen LogP) is 3.83. The lowest BCUT2D eigenvalue weighted by molar-refractivity contribution is -0.384. The van der Waals surface area contributed by atoms with Crippen molar-refractivity contribution in [2.24, 2.45) is 0 Å². The Morgan fingerprint density at radius 3 is 2.48 bits per heavy atom. The fraction of sp³-hybridized carbons (Fsp3) is 0.588. The quantitative estimate of drug-likeness (QED) is 0.508. The zero-order chi connectivity index (χ0) is 16.8. The largest absolute Gasteiger partial charge is 0.490 e. The van der Waals surface area contributed by atoms with Crippen LogP contribution in [0, 0.1) is 10.1 Å². The number of nitro benzene ring substituents is 1. The van der Waals surface area contributed by atoms with Crippen molar-refractivity contribution >= 4 is 11.6 Å². The van der Waals surface area contributed by atoms with E-state index >= 15 is 0 Å². The average molecular weight is 320 g/mol. The summed E-state index contributed by atoms with van der Waals surface area (Å²) in [5.41, 5.74) is 0.129. The van der Waals surface area contributed by atoms with Crippen LogP contribution in [0.15, 0.2) is 18.2 Å². The zero-order valence-electron chi connectivity index (χ0n) is 13.7. The Morgan fingerprint density at radius 1 is 1.26 bits per heavy atom. The van der Waals surface area contributed by atoms with E-state index in [2.05, 4.69) is 5.32 Å². The molecule has 1 fully saturated rings. The van der Waals surface area contributed by atoms with Gasteiger partial charge >= 0.3 is 0 Å². The molecule has 1 aliphatic rings. The third-order valence-corrected chi connectivity index (χ3v) is 3.97. The minimum Gasteiger partial charge on any atom is -0.490 e. The predicted molar refractivity (Wildman–Crippen MR) is 87.8 cm³/mol. The highest BCUT2D eigenvalue weighted by atomic mass is 16.6. The summed E-state index contributed by atoms with van der Waals surface area (Å²) in [7, 11) is 0. The molecule has 0 saturated heterocycles. The van der Waals surface area contributed by atoms with Gasteiger partial charge in [-0.05, 0) is 32.8 Å². The monoisotopic (exact) mass is 320 g/mol. The summed E-state index contributed by atoms with van der Waals surface area (Å²) in [4.78, 5) is 23.1. The van der Waals surface area contributed by atoms with Gasteiger partial charge in [0.1, 0.15) is 5.75 Å². The number of nitrogens with zero attached hydrogens (tertiary/aromatic N) is 1. The first-order valence-electron chi connectivity index (χ1n) is 8.23. The number of non-ortho nitro benzene ring substituents is 1. The molecule has 1 amide bonds. The summed E-state index contributed by atoms with van der Waals surface area (Å²) in [6.45, 7) is 3.71. The van der Waals surface area contributed by atoms with Crippen molar-refractivity contribution in [3.8, 4) is 5.75 Å². The minimum absolute atomic E-state index is 0.105. The van der Waals surface area contributed by atoms with Crippen LogP contribution in [0.4, 0.5) is 5.69 Å². The number of benzene rings is 1. The van der Waals surface area contributed by atoms with Crippen LogP contribution in [0.3, 0.4) is 0 Å². The number of nitro groups is 1. The molecule has 1 N–H and O–H groups in total. The van der Waals surface area contributed by atoms with Crippen LogP contribution in [-0.4, -0.2) is 23.0 Å². The maximum atomic E-state index is 12.6. The Bertz CT molecular complexity index is 564. The van der Waals surface area contributed by atoms with E-state index in [1.165, 1.54) is 31.0 Å². The van der Waals surface area contributed by atoms with Crippen molar-refractivity contribution in [2.75, 3.05) is 0 Å². The lowest BCUT2D eigenvalue weighted by Crippen LogP contribution is -2.34. The third-order valence-electron chi connectivity index (χ3n) is 3.97. The van der Waals surface area contributed by atoms with Gasteiger partial charge in [-0.15, -0.1) is 0 Å². The molecule has 23 heavy (non-hydrogen) atoms. The number of ether oxygens (including phenoxy) is 1. The van der Waals surface area contributed by atoms with Crippen molar-refractivity contribution in [1.82, 2.24) is 5.32 Å². The Hall–Kier alpha value is -2.11. The molecular weight excluding hydrogens is 296 g/mol. The van der Waals surface area contributed by atoms with Gasteiger partial charge in [0, 0.05) is 18.2 Å². The second-order valence-corrected chi connectivity index (χ2v) is 6.27. The summed E-state index contributed by atoms with van der Waals surface area (Å²) >= 11 is 0. The fourth-order valence-electron chi connectivity index (χ4n) is 2.85. The van der Waals surface area contributed by atoms with Crippen LogP contribution in [0.5, 0.6) is 5.75 Å². The highest BCUT2D eigenvalue weighted by molar-refractivity contribution is 5.97. The van der Waals surface area contributed by atoms with E-state index < -0.39 is 4.92 Å². The van der Waals surface area contributed by atoms with Gasteiger partial charge in [-0.2, -0.15) is 0 Å². The fourth-order valence-corrected chi connectivity index (χ4v) is 2.85. The van der Waals surface area contributed by atoms with Crippen molar-refractivity contribution < 1.29 is 14.5 Å². The number of hydrogen-bond donors (Lipinski definition) is 1. The van der Waals surface area contributed by atoms with Gasteiger partial charge in [0.25, 0.3) is 11.6 Å². The van der Waals surface area contributed by atoms with Gasteiger partial charge in [-0.1, -0.05) is 25.7 Å². The van der Waals surface area contributed by atoms with Gasteiger partial charge < -0.3 is 10.1 Å². The Kier molecular flexibility index (Phi) is 5.96. The Labute approximate surface area is 136 Å². The molecule has 1 aromatic rings. The Balaban J connectivity index is 2.21. The molecule has 1 aliphatic carbocycles. The number of nitrogens with one attached hydrogen (secondary N) is 1. The van der Waals surface area contributed by atoms with E-state index in [9.17, 15) is 14.9 Å². The highest BCUT2D eigenvalue weighted by Gasteiger charge is 2.21. The third kappa shape index (κ3) is 4.94. The second-order valence-electron chi connectivity index (χ2n) is 6.27. The molecule has 0 radical (unpaired) electrons. The molecule has 0 unspecified atom stereocenters. The van der Waals surface area contributed by atoms with Gasteiger partial charge in [0.2, 0.25) is 0 Å². The molecule has 0 heterocycles. The van der Waals surface area contributed by atoms with Crippen molar-refractivity contribution in [2.45, 2.75) is 64.5 Å². The first-order valence-corrected chi connectivity index (χ1v) is 8.23. The molecule has 0 spiro atoms. The van der Waals surface area contributed by atoms with Gasteiger partial charge in [0.05, 0.1) is 16.6 Å². The van der Waals surface area contributed by atoms with E-state index in [0.717, 1.165) is 25.7 Å². The molecule has 126 valence electrons. The second kappa shape index (κ2) is 7.94. The van der Waals surface area contributed by atoms with Gasteiger partial charge in [0.15, 0.2) is 0 Å². The van der Waals surface area contributed by atoms with E-state index in [1.807, 2.05) is 13.8 Å². The van der Waals surface area contributed by atoms with Crippen LogP contribution in [0.25, 0.3) is 0 Å². The minimum atomic E-state index is -0.498. The molecule has 0 aromatic heterocycles. The molecule has 6 nitrogen and oxygen atoms in total. The van der Waals surface area contributed by atoms with Crippen LogP contribution in [-0.2, 0) is 0 Å². The first kappa shape index (κ1) is 17.2. The van der Waals surface area contributed by atoms with E-state index in [4.69, 9.17) is 4.74 Å². The first-order chi connectivity index (χ1) is 11.0. The topological polar surface area (TPSA) is 81.5 Å². The summed E-state index contributed by atoms with van der Waals surface area (Å²) in [6.07, 6.45) is 6.42. The summed E-state index contributed by atoms with van der Waals surface area (Å²) in [5.74, 6) is 0.0907. The maximum Gasteiger partial charge on any atom is 0.270 e. The Morgan fingerprint density at radius 2 is 1.91 bits per heavy atom. The molecule has 0 atom stereocenters. The zero-order valence-corrected chi connectivity index (χ0v) is 13.7. The normalized spacial score (nSPS) is 16.0. The number of carbonyl (C=O) groups is 1. The van der Waals surface area contributed by atoms with Crippen LogP contribution < -0.4 is 10.1 Å². The van der Waals surface area contributed by atoms with Gasteiger partial charge in [-0.25, -0.2) is 0 Å². The van der Waals surface area contributed by atoms with Crippen molar-refractivity contribution in [3.63, 3.8) is 0 Å². The summed E-state index contributed by atoms with van der Waals surface area (Å²) in [5, 5.41) is 14.0. The molecule has 1 saturated carbocycles. The van der Waals surface area contributed by atoms with Gasteiger partial charge in [-0.3, -0.25) is 14.9 Å². The smallest absolute Gasteiger partial charge is 0.270 e. The number of hydrogen-bond acceptors (Lipinski definition) is 4. The maximum absolute atomic E-state index is 12.6. The number of amides is 1. The lowest BCUT2D eigenvalue weighted by Gasteiger charge is -2.18. The molecule has 1 aromatic carbocycles. The average Bonchev–Trinajstić information content (AvgIpc) is 2.75. The molecule has 0 bridgehead atoms. The SMILES string of the molecule is CC(C)Oc1ccc([N+](=O)[O-])cc1C(=O)NC1CCCCCC1. The summed E-state index contributed by atoms with van der Waals surface area (Å²) < 4.78 is 5.63. The lowest BCUT2D eigenvalue weighted by atomic mass is 10.1. The molecule has 0 aliphatic heterocycles. The standard InChI is InChI=1S/C17H24N2O4/c1-12(2)23-16-10-9-14(19(21)22)11-15(16)17(20)18-13-7-5-3-4-6-8-13/h9-13H,3-8H2,1-2H3,(H,18,20). The van der Waals surface area contributed by atoms with E-state index in [1.54, 1.807) is 0 Å².